The predicted octanol–water partition coefficient (Wildman–Crippen LogP) is 2.43. The van der Waals surface area contributed by atoms with Gasteiger partial charge in [0.1, 0.15) is 17.7 Å². The molecule has 0 spiro atoms. The highest BCUT2D eigenvalue weighted by Crippen LogP contribution is 2.22. The lowest BCUT2D eigenvalue weighted by atomic mass is 10.1. The van der Waals surface area contributed by atoms with Crippen LogP contribution in [0.1, 0.15) is 46.1 Å². The molecular weight excluding hydrogens is 320 g/mol. The molecular formula is C19H28N2O4. The number of hydroxylamine groups is 1. The van der Waals surface area contributed by atoms with E-state index in [1.807, 2.05) is 51.1 Å². The van der Waals surface area contributed by atoms with Gasteiger partial charge in [0.05, 0.1) is 6.61 Å². The molecule has 1 aromatic rings. The van der Waals surface area contributed by atoms with Gasteiger partial charge in [-0.3, -0.25) is 9.63 Å². The summed E-state index contributed by atoms with van der Waals surface area (Å²) in [5.41, 5.74) is 3.23. The van der Waals surface area contributed by atoms with Crippen molar-refractivity contribution in [2.24, 2.45) is 0 Å². The molecule has 6 nitrogen and oxygen atoms in total. The molecule has 0 unspecified atom stereocenters. The Morgan fingerprint density at radius 3 is 2.60 bits per heavy atom. The van der Waals surface area contributed by atoms with Gasteiger partial charge in [0.25, 0.3) is 0 Å². The van der Waals surface area contributed by atoms with E-state index >= 15 is 0 Å². The fourth-order valence-electron chi connectivity index (χ4n) is 2.77. The van der Waals surface area contributed by atoms with E-state index < -0.39 is 17.7 Å². The number of nitrogens with zero attached hydrogens (tertiary/aromatic N) is 1. The number of benzene rings is 1. The number of esters is 1. The first kappa shape index (κ1) is 19.4. The van der Waals surface area contributed by atoms with Crippen molar-refractivity contribution >= 4 is 11.9 Å². The second-order valence-electron chi connectivity index (χ2n) is 7.34. The number of rotatable bonds is 6. The van der Waals surface area contributed by atoms with Crippen LogP contribution in [0, 0.1) is 0 Å². The van der Waals surface area contributed by atoms with Gasteiger partial charge in [-0.05, 0) is 46.1 Å². The molecule has 1 fully saturated rings. The molecule has 1 heterocycles. The summed E-state index contributed by atoms with van der Waals surface area (Å²) in [4.78, 5) is 32.0. The van der Waals surface area contributed by atoms with Crippen molar-refractivity contribution in [3.63, 3.8) is 0 Å². The molecule has 0 aromatic heterocycles. The first-order chi connectivity index (χ1) is 11.8. The summed E-state index contributed by atoms with van der Waals surface area (Å²) in [5.74, 6) is -0.489. The van der Waals surface area contributed by atoms with Crippen LogP contribution in [0.15, 0.2) is 30.3 Å². The molecule has 1 N–H and O–H groups in total. The van der Waals surface area contributed by atoms with Crippen LogP contribution in [0.25, 0.3) is 0 Å². The van der Waals surface area contributed by atoms with Gasteiger partial charge in [0.2, 0.25) is 5.91 Å². The van der Waals surface area contributed by atoms with Crippen molar-refractivity contribution < 1.29 is 19.2 Å². The van der Waals surface area contributed by atoms with Crippen molar-refractivity contribution in [2.45, 2.75) is 64.8 Å². The molecule has 0 radical (unpaired) electrons. The van der Waals surface area contributed by atoms with Gasteiger partial charge < -0.3 is 9.64 Å². The standard InChI is InChI=1S/C19H28N2O4/c1-14(20-24-13-15-9-6-5-7-10-15)17(22)21-12-8-11-16(21)18(23)25-19(2,3)4/h5-7,9-10,14,16,20H,8,11-13H2,1-4H3/t14-,16-/m0/s1. The zero-order chi connectivity index (χ0) is 18.4. The second-order valence-corrected chi connectivity index (χ2v) is 7.34. The Bertz CT molecular complexity index is 583. The summed E-state index contributed by atoms with van der Waals surface area (Å²) in [6.45, 7) is 8.15. The van der Waals surface area contributed by atoms with Crippen LogP contribution in [-0.2, 0) is 25.8 Å². The second kappa shape index (κ2) is 8.45. The SMILES string of the molecule is C[C@H](NOCc1ccccc1)C(=O)N1CCC[C@H]1C(=O)OC(C)(C)C. The number of carbonyl (C=O) groups is 2. The van der Waals surface area contributed by atoms with Gasteiger partial charge >= 0.3 is 5.97 Å². The highest BCUT2D eigenvalue weighted by Gasteiger charge is 2.38. The minimum Gasteiger partial charge on any atom is -0.458 e. The van der Waals surface area contributed by atoms with Crippen LogP contribution >= 0.6 is 0 Å². The maximum Gasteiger partial charge on any atom is 0.329 e. The van der Waals surface area contributed by atoms with Crippen molar-refractivity contribution in [2.75, 3.05) is 6.54 Å². The highest BCUT2D eigenvalue weighted by molar-refractivity contribution is 5.88. The average molecular weight is 348 g/mol. The van der Waals surface area contributed by atoms with Crippen molar-refractivity contribution in [1.29, 1.82) is 0 Å². The van der Waals surface area contributed by atoms with Gasteiger partial charge in [-0.15, -0.1) is 0 Å². The third-order valence-corrected chi connectivity index (χ3v) is 3.93. The van der Waals surface area contributed by atoms with E-state index in [4.69, 9.17) is 9.57 Å². The maximum atomic E-state index is 12.6. The molecule has 0 aliphatic carbocycles. The van der Waals surface area contributed by atoms with Crippen molar-refractivity contribution in [1.82, 2.24) is 10.4 Å². The monoisotopic (exact) mass is 348 g/mol. The minimum absolute atomic E-state index is 0.151. The number of likely N-dealkylation sites (tertiary alicyclic amines) is 1. The van der Waals surface area contributed by atoms with Crippen LogP contribution < -0.4 is 5.48 Å². The van der Waals surface area contributed by atoms with Gasteiger partial charge in [0.15, 0.2) is 0 Å². The van der Waals surface area contributed by atoms with Gasteiger partial charge in [-0.2, -0.15) is 5.48 Å². The Balaban J connectivity index is 1.86. The molecule has 1 amide bonds. The Hall–Kier alpha value is -1.92. The fourth-order valence-corrected chi connectivity index (χ4v) is 2.77. The first-order valence-corrected chi connectivity index (χ1v) is 8.72. The van der Waals surface area contributed by atoms with E-state index in [-0.39, 0.29) is 11.9 Å². The molecule has 1 aromatic carbocycles. The maximum absolute atomic E-state index is 12.6. The Kier molecular flexibility index (Phi) is 6.56. The molecule has 6 heteroatoms. The summed E-state index contributed by atoms with van der Waals surface area (Å²) < 4.78 is 5.44. The lowest BCUT2D eigenvalue weighted by Gasteiger charge is -2.29. The van der Waals surface area contributed by atoms with E-state index in [9.17, 15) is 9.59 Å². The third-order valence-electron chi connectivity index (χ3n) is 3.93. The molecule has 1 aliphatic rings. The van der Waals surface area contributed by atoms with Gasteiger partial charge in [0, 0.05) is 6.54 Å². The molecule has 2 rings (SSSR count). The van der Waals surface area contributed by atoms with E-state index in [1.165, 1.54) is 0 Å². The Morgan fingerprint density at radius 1 is 1.28 bits per heavy atom. The van der Waals surface area contributed by atoms with Gasteiger partial charge in [-0.1, -0.05) is 30.3 Å². The molecule has 0 bridgehead atoms. The first-order valence-electron chi connectivity index (χ1n) is 8.72. The van der Waals surface area contributed by atoms with E-state index in [0.29, 0.717) is 19.6 Å². The summed E-state index contributed by atoms with van der Waals surface area (Å²) in [5, 5.41) is 0. The third kappa shape index (κ3) is 5.83. The lowest BCUT2D eigenvalue weighted by Crippen LogP contribution is -2.50. The number of hydrogen-bond donors (Lipinski definition) is 1. The zero-order valence-electron chi connectivity index (χ0n) is 15.5. The number of carbonyl (C=O) groups excluding carboxylic acids is 2. The van der Waals surface area contributed by atoms with Crippen LogP contribution in [0.5, 0.6) is 0 Å². The quantitative estimate of drug-likeness (QED) is 0.632. The summed E-state index contributed by atoms with van der Waals surface area (Å²) >= 11 is 0. The normalized spacial score (nSPS) is 18.9. The van der Waals surface area contributed by atoms with Gasteiger partial charge in [-0.25, -0.2) is 4.79 Å². The van der Waals surface area contributed by atoms with Crippen LogP contribution in [-0.4, -0.2) is 41.0 Å². The zero-order valence-corrected chi connectivity index (χ0v) is 15.5. The van der Waals surface area contributed by atoms with E-state index in [0.717, 1.165) is 12.0 Å². The highest BCUT2D eigenvalue weighted by atomic mass is 16.6. The molecule has 1 aliphatic heterocycles. The topological polar surface area (TPSA) is 67.9 Å². The molecule has 25 heavy (non-hydrogen) atoms. The van der Waals surface area contributed by atoms with E-state index in [1.54, 1.807) is 11.8 Å². The molecule has 2 atom stereocenters. The van der Waals surface area contributed by atoms with Crippen LogP contribution in [0.2, 0.25) is 0 Å². The molecule has 138 valence electrons. The Morgan fingerprint density at radius 2 is 1.96 bits per heavy atom. The minimum atomic E-state index is -0.558. The number of amides is 1. The lowest BCUT2D eigenvalue weighted by molar-refractivity contribution is -0.164. The Labute approximate surface area is 149 Å². The van der Waals surface area contributed by atoms with Crippen molar-refractivity contribution in [3.05, 3.63) is 35.9 Å². The smallest absolute Gasteiger partial charge is 0.329 e. The van der Waals surface area contributed by atoms with Crippen LogP contribution in [0.4, 0.5) is 0 Å². The van der Waals surface area contributed by atoms with Crippen LogP contribution in [0.3, 0.4) is 0 Å². The molecule has 1 saturated heterocycles. The number of nitrogens with one attached hydrogen (secondary N) is 1. The summed E-state index contributed by atoms with van der Waals surface area (Å²) in [6.07, 6.45) is 1.44. The number of ether oxygens (including phenoxy) is 1. The largest absolute Gasteiger partial charge is 0.458 e. The van der Waals surface area contributed by atoms with Crippen molar-refractivity contribution in [3.8, 4) is 0 Å². The fraction of sp³-hybridized carbons (Fsp3) is 0.579. The summed E-state index contributed by atoms with van der Waals surface area (Å²) in [7, 11) is 0. The average Bonchev–Trinajstić information content (AvgIpc) is 3.03. The molecule has 0 saturated carbocycles. The predicted molar refractivity (Wildman–Crippen MR) is 94.4 cm³/mol. The van der Waals surface area contributed by atoms with E-state index in [2.05, 4.69) is 5.48 Å². The number of hydrogen-bond acceptors (Lipinski definition) is 5. The summed E-state index contributed by atoms with van der Waals surface area (Å²) in [6, 6.07) is 8.66.